The number of fused-ring (bicyclic) bond motifs is 1. The number of anilines is 2. The number of nitrogens with zero attached hydrogens (tertiary/aromatic N) is 2. The number of hydrogen-bond acceptors (Lipinski definition) is 5. The van der Waals surface area contributed by atoms with Crippen LogP contribution in [0.1, 0.15) is 0 Å². The first-order chi connectivity index (χ1) is 6.74. The molecule has 5 heteroatoms. The van der Waals surface area contributed by atoms with Crippen LogP contribution in [-0.4, -0.2) is 4.98 Å². The lowest BCUT2D eigenvalue weighted by molar-refractivity contribution is 1.35. The molecule has 4 N–H and O–H groups in total. The fourth-order valence-electron chi connectivity index (χ4n) is 1.39. The number of nitrogens with two attached hydrogens (primary N) is 2. The fraction of sp³-hybridized carbons (Fsp3) is 0. The number of nitroso groups, excluding NO2 is 1. The van der Waals surface area contributed by atoms with Crippen LogP contribution in [0.4, 0.5) is 17.3 Å². The van der Waals surface area contributed by atoms with Crippen molar-refractivity contribution in [1.82, 2.24) is 4.98 Å². The highest BCUT2D eigenvalue weighted by molar-refractivity contribution is 6.01. The van der Waals surface area contributed by atoms with E-state index in [-0.39, 0.29) is 11.5 Å². The molecule has 0 amide bonds. The number of hydrogen-bond donors (Lipinski definition) is 2. The van der Waals surface area contributed by atoms with Crippen molar-refractivity contribution in [2.45, 2.75) is 0 Å². The van der Waals surface area contributed by atoms with Crippen LogP contribution in [0.3, 0.4) is 0 Å². The lowest BCUT2D eigenvalue weighted by atomic mass is 10.1. The third-order valence-corrected chi connectivity index (χ3v) is 2.03. The minimum absolute atomic E-state index is 0.0659. The van der Waals surface area contributed by atoms with Crippen LogP contribution >= 0.6 is 0 Å². The SMILES string of the molecule is Nc1nc(N)c2ccccc2c1N=O. The van der Waals surface area contributed by atoms with Crippen molar-refractivity contribution in [3.8, 4) is 0 Å². The van der Waals surface area contributed by atoms with E-state index < -0.39 is 0 Å². The van der Waals surface area contributed by atoms with E-state index in [1.54, 1.807) is 18.2 Å². The Kier molecular flexibility index (Phi) is 1.78. The van der Waals surface area contributed by atoms with Gasteiger partial charge < -0.3 is 11.5 Å². The summed E-state index contributed by atoms with van der Waals surface area (Å²) in [6.07, 6.45) is 0. The van der Waals surface area contributed by atoms with Gasteiger partial charge in [0.1, 0.15) is 5.82 Å². The molecule has 0 saturated heterocycles. The monoisotopic (exact) mass is 188 g/mol. The number of nitrogen functional groups attached to an aromatic ring is 2. The molecule has 0 aliphatic heterocycles. The van der Waals surface area contributed by atoms with Crippen molar-refractivity contribution in [3.05, 3.63) is 29.2 Å². The zero-order chi connectivity index (χ0) is 10.1. The maximum atomic E-state index is 10.5. The van der Waals surface area contributed by atoms with Gasteiger partial charge in [-0.2, -0.15) is 0 Å². The van der Waals surface area contributed by atoms with E-state index in [1.807, 2.05) is 6.07 Å². The van der Waals surface area contributed by atoms with Gasteiger partial charge in [-0.1, -0.05) is 24.3 Å². The minimum atomic E-state index is 0.0659. The van der Waals surface area contributed by atoms with Crippen molar-refractivity contribution in [2.75, 3.05) is 11.5 Å². The summed E-state index contributed by atoms with van der Waals surface area (Å²) >= 11 is 0. The average Bonchev–Trinajstić information content (AvgIpc) is 2.18. The van der Waals surface area contributed by atoms with Crippen LogP contribution in [0.2, 0.25) is 0 Å². The van der Waals surface area contributed by atoms with Crippen LogP contribution < -0.4 is 11.5 Å². The highest BCUT2D eigenvalue weighted by atomic mass is 16.3. The first-order valence-corrected chi connectivity index (χ1v) is 4.01. The van der Waals surface area contributed by atoms with Crippen LogP contribution in [0, 0.1) is 4.91 Å². The molecule has 0 aliphatic carbocycles. The van der Waals surface area contributed by atoms with Gasteiger partial charge in [0.2, 0.25) is 0 Å². The molecule has 14 heavy (non-hydrogen) atoms. The van der Waals surface area contributed by atoms with Crippen LogP contribution in [-0.2, 0) is 0 Å². The first-order valence-electron chi connectivity index (χ1n) is 4.01. The minimum Gasteiger partial charge on any atom is -0.383 e. The van der Waals surface area contributed by atoms with Gasteiger partial charge in [0.05, 0.1) is 0 Å². The number of aromatic nitrogens is 1. The van der Waals surface area contributed by atoms with Gasteiger partial charge in [-0.25, -0.2) is 4.98 Å². The average molecular weight is 188 g/mol. The fourth-order valence-corrected chi connectivity index (χ4v) is 1.39. The van der Waals surface area contributed by atoms with E-state index in [1.165, 1.54) is 0 Å². The highest BCUT2D eigenvalue weighted by Gasteiger charge is 2.09. The van der Waals surface area contributed by atoms with Crippen molar-refractivity contribution < 1.29 is 0 Å². The highest BCUT2D eigenvalue weighted by Crippen LogP contribution is 2.32. The normalized spacial score (nSPS) is 10.3. The lowest BCUT2D eigenvalue weighted by Crippen LogP contribution is -1.97. The van der Waals surface area contributed by atoms with Gasteiger partial charge in [0.15, 0.2) is 11.5 Å². The summed E-state index contributed by atoms with van der Waals surface area (Å²) in [5, 5.41) is 4.17. The smallest absolute Gasteiger partial charge is 0.158 e. The second-order valence-corrected chi connectivity index (χ2v) is 2.87. The summed E-state index contributed by atoms with van der Waals surface area (Å²) in [7, 11) is 0. The molecule has 1 heterocycles. The summed E-state index contributed by atoms with van der Waals surface area (Å²) in [6, 6.07) is 7.10. The quantitative estimate of drug-likeness (QED) is 0.667. The third kappa shape index (κ3) is 1.06. The predicted octanol–water partition coefficient (Wildman–Crippen LogP) is 1.80. The molecular weight excluding hydrogens is 180 g/mol. The Morgan fingerprint density at radius 3 is 2.36 bits per heavy atom. The molecule has 70 valence electrons. The van der Waals surface area contributed by atoms with Gasteiger partial charge >= 0.3 is 0 Å². The molecular formula is C9H8N4O. The molecule has 5 nitrogen and oxygen atoms in total. The molecule has 2 rings (SSSR count). The molecule has 0 aliphatic rings. The number of benzene rings is 1. The molecule has 0 unspecified atom stereocenters. The van der Waals surface area contributed by atoms with E-state index in [4.69, 9.17) is 11.5 Å². The molecule has 1 aromatic heterocycles. The summed E-state index contributed by atoms with van der Waals surface area (Å²) in [5.74, 6) is 0.377. The van der Waals surface area contributed by atoms with Crippen molar-refractivity contribution in [2.24, 2.45) is 5.18 Å². The maximum Gasteiger partial charge on any atom is 0.158 e. The van der Waals surface area contributed by atoms with E-state index >= 15 is 0 Å². The lowest BCUT2D eigenvalue weighted by Gasteiger charge is -2.04. The van der Waals surface area contributed by atoms with Crippen molar-refractivity contribution in [1.29, 1.82) is 0 Å². The van der Waals surface area contributed by atoms with E-state index in [9.17, 15) is 4.91 Å². The van der Waals surface area contributed by atoms with E-state index in [0.29, 0.717) is 16.6 Å². The largest absolute Gasteiger partial charge is 0.383 e. The van der Waals surface area contributed by atoms with Crippen molar-refractivity contribution in [3.63, 3.8) is 0 Å². The van der Waals surface area contributed by atoms with Crippen LogP contribution in [0.5, 0.6) is 0 Å². The summed E-state index contributed by atoms with van der Waals surface area (Å²) in [6.45, 7) is 0. The topological polar surface area (TPSA) is 94.4 Å². The number of rotatable bonds is 1. The standard InChI is InChI=1S/C9H8N4O/c10-8-6-4-2-1-3-5(6)7(13-14)9(11)12-8/h1-4H,(H4,10,11,12). The molecule has 0 fully saturated rings. The van der Waals surface area contributed by atoms with Crippen molar-refractivity contribution >= 4 is 28.1 Å². The third-order valence-electron chi connectivity index (χ3n) is 2.03. The maximum absolute atomic E-state index is 10.5. The Morgan fingerprint density at radius 2 is 1.71 bits per heavy atom. The molecule has 1 aromatic carbocycles. The number of pyridine rings is 1. The van der Waals surface area contributed by atoms with Gasteiger partial charge in [0.25, 0.3) is 0 Å². The van der Waals surface area contributed by atoms with Crippen LogP contribution in [0.25, 0.3) is 10.8 Å². The van der Waals surface area contributed by atoms with Gasteiger partial charge in [-0.05, 0) is 5.18 Å². The summed E-state index contributed by atoms with van der Waals surface area (Å²) in [5.41, 5.74) is 11.3. The Labute approximate surface area is 79.7 Å². The van der Waals surface area contributed by atoms with Crippen LogP contribution in [0.15, 0.2) is 29.4 Å². The molecule has 0 saturated carbocycles. The zero-order valence-electron chi connectivity index (χ0n) is 7.27. The van der Waals surface area contributed by atoms with Gasteiger partial charge in [-0.15, -0.1) is 4.91 Å². The Hall–Kier alpha value is -2.17. The van der Waals surface area contributed by atoms with E-state index in [2.05, 4.69) is 10.2 Å². The molecule has 0 atom stereocenters. The molecule has 2 aromatic rings. The summed E-state index contributed by atoms with van der Waals surface area (Å²) < 4.78 is 0. The Bertz CT molecular complexity index is 509. The second-order valence-electron chi connectivity index (χ2n) is 2.87. The van der Waals surface area contributed by atoms with Gasteiger partial charge in [0, 0.05) is 10.8 Å². The van der Waals surface area contributed by atoms with Gasteiger partial charge in [-0.3, -0.25) is 0 Å². The molecule has 0 bridgehead atoms. The molecule has 0 spiro atoms. The Morgan fingerprint density at radius 1 is 1.07 bits per heavy atom. The predicted molar refractivity (Wildman–Crippen MR) is 56.0 cm³/mol. The zero-order valence-corrected chi connectivity index (χ0v) is 7.27. The molecule has 0 radical (unpaired) electrons. The Balaban J connectivity index is 2.97. The summed E-state index contributed by atoms with van der Waals surface area (Å²) in [4.78, 5) is 14.4. The first kappa shape index (κ1) is 8.43. The second kappa shape index (κ2) is 2.95. The van der Waals surface area contributed by atoms with E-state index in [0.717, 1.165) is 0 Å².